The second-order valence-electron chi connectivity index (χ2n) is 3.60. The maximum Gasteiger partial charge on any atom is 0.396 e. The molecule has 0 bridgehead atoms. The van der Waals surface area contributed by atoms with Crippen molar-refractivity contribution in [3.05, 3.63) is 17.5 Å². The van der Waals surface area contributed by atoms with E-state index in [0.717, 1.165) is 11.6 Å². The SMILES string of the molecule is CCOC(=O)c1nnc(SCc2nnc(C)n2C)o1. The molecule has 0 aliphatic carbocycles. The number of hydrogen-bond acceptors (Lipinski definition) is 8. The molecule has 2 aromatic rings. The van der Waals surface area contributed by atoms with E-state index in [9.17, 15) is 4.79 Å². The van der Waals surface area contributed by atoms with Gasteiger partial charge in [0, 0.05) is 7.05 Å². The zero-order valence-electron chi connectivity index (χ0n) is 10.8. The largest absolute Gasteiger partial charge is 0.459 e. The van der Waals surface area contributed by atoms with Crippen LogP contribution in [0.1, 0.15) is 29.3 Å². The molecular formula is C10H13N5O3S. The minimum atomic E-state index is -0.614. The highest BCUT2D eigenvalue weighted by Gasteiger charge is 2.16. The summed E-state index contributed by atoms with van der Waals surface area (Å²) in [6.07, 6.45) is 0. The van der Waals surface area contributed by atoms with Crippen molar-refractivity contribution >= 4 is 17.7 Å². The summed E-state index contributed by atoms with van der Waals surface area (Å²) in [6, 6.07) is 0. The Labute approximate surface area is 113 Å². The minimum Gasteiger partial charge on any atom is -0.459 e. The molecule has 0 saturated heterocycles. The minimum absolute atomic E-state index is 0.140. The topological polar surface area (TPSA) is 95.9 Å². The van der Waals surface area contributed by atoms with Crippen LogP contribution in [0, 0.1) is 6.92 Å². The van der Waals surface area contributed by atoms with Crippen LogP contribution in [-0.4, -0.2) is 37.5 Å². The van der Waals surface area contributed by atoms with Crippen LogP contribution in [0.5, 0.6) is 0 Å². The van der Waals surface area contributed by atoms with E-state index in [2.05, 4.69) is 20.4 Å². The molecule has 0 spiro atoms. The molecule has 0 fully saturated rings. The molecule has 0 unspecified atom stereocenters. The van der Waals surface area contributed by atoms with Crippen molar-refractivity contribution in [2.75, 3.05) is 6.61 Å². The van der Waals surface area contributed by atoms with Gasteiger partial charge < -0.3 is 13.7 Å². The van der Waals surface area contributed by atoms with Crippen LogP contribution < -0.4 is 0 Å². The van der Waals surface area contributed by atoms with Gasteiger partial charge in [0.2, 0.25) is 0 Å². The standard InChI is InChI=1S/C10H13N5O3S/c1-4-17-9(16)8-13-14-10(18-8)19-5-7-12-11-6(2)15(7)3/h4-5H2,1-3H3. The molecule has 0 saturated carbocycles. The van der Waals surface area contributed by atoms with Crippen LogP contribution >= 0.6 is 11.8 Å². The molecule has 0 N–H and O–H groups in total. The first-order chi connectivity index (χ1) is 9.11. The lowest BCUT2D eigenvalue weighted by Gasteiger charge is -1.98. The second kappa shape index (κ2) is 5.83. The number of esters is 1. The molecule has 0 aliphatic heterocycles. The molecule has 0 atom stereocenters. The Morgan fingerprint density at radius 2 is 2.16 bits per heavy atom. The first kappa shape index (κ1) is 13.5. The third-order valence-electron chi connectivity index (χ3n) is 2.36. The maximum atomic E-state index is 11.3. The fraction of sp³-hybridized carbons (Fsp3) is 0.500. The summed E-state index contributed by atoms with van der Waals surface area (Å²) < 4.78 is 11.8. The zero-order valence-corrected chi connectivity index (χ0v) is 11.6. The Morgan fingerprint density at radius 1 is 1.37 bits per heavy atom. The fourth-order valence-corrected chi connectivity index (χ4v) is 1.99. The number of aryl methyl sites for hydroxylation is 1. The van der Waals surface area contributed by atoms with E-state index in [4.69, 9.17) is 9.15 Å². The quantitative estimate of drug-likeness (QED) is 0.591. The van der Waals surface area contributed by atoms with Gasteiger partial charge in [0.05, 0.1) is 12.4 Å². The second-order valence-corrected chi connectivity index (χ2v) is 4.53. The van der Waals surface area contributed by atoms with Crippen molar-refractivity contribution in [3.8, 4) is 0 Å². The molecule has 102 valence electrons. The number of aromatic nitrogens is 5. The molecule has 2 heterocycles. The van der Waals surface area contributed by atoms with Gasteiger partial charge in [-0.1, -0.05) is 16.9 Å². The Hall–Kier alpha value is -1.90. The van der Waals surface area contributed by atoms with Crippen molar-refractivity contribution < 1.29 is 13.9 Å². The van der Waals surface area contributed by atoms with Crippen LogP contribution in [0.3, 0.4) is 0 Å². The fourth-order valence-electron chi connectivity index (χ4n) is 1.25. The van der Waals surface area contributed by atoms with Crippen LogP contribution in [0.25, 0.3) is 0 Å². The molecule has 0 amide bonds. The lowest BCUT2D eigenvalue weighted by molar-refractivity contribution is 0.0475. The highest BCUT2D eigenvalue weighted by atomic mass is 32.2. The first-order valence-electron chi connectivity index (χ1n) is 5.60. The molecule has 0 aliphatic rings. The van der Waals surface area contributed by atoms with Gasteiger partial charge in [-0.15, -0.1) is 15.3 Å². The first-order valence-corrected chi connectivity index (χ1v) is 6.58. The number of carbonyl (C=O) groups excluding carboxylic acids is 1. The Balaban J connectivity index is 1.97. The molecule has 2 rings (SSSR count). The van der Waals surface area contributed by atoms with Crippen molar-refractivity contribution in [1.82, 2.24) is 25.0 Å². The van der Waals surface area contributed by atoms with E-state index >= 15 is 0 Å². The van der Waals surface area contributed by atoms with Gasteiger partial charge in [-0.3, -0.25) is 0 Å². The molecule has 19 heavy (non-hydrogen) atoms. The third-order valence-corrected chi connectivity index (χ3v) is 3.18. The maximum absolute atomic E-state index is 11.3. The van der Waals surface area contributed by atoms with Crippen molar-refractivity contribution in [2.45, 2.75) is 24.8 Å². The van der Waals surface area contributed by atoms with Gasteiger partial charge in [-0.05, 0) is 13.8 Å². The number of thioether (sulfide) groups is 1. The monoisotopic (exact) mass is 283 g/mol. The van der Waals surface area contributed by atoms with Gasteiger partial charge in [-0.2, -0.15) is 0 Å². The van der Waals surface area contributed by atoms with Gasteiger partial charge in [0.15, 0.2) is 0 Å². The van der Waals surface area contributed by atoms with E-state index < -0.39 is 5.97 Å². The summed E-state index contributed by atoms with van der Waals surface area (Å²) >= 11 is 1.29. The smallest absolute Gasteiger partial charge is 0.396 e. The van der Waals surface area contributed by atoms with Gasteiger partial charge in [0.25, 0.3) is 5.22 Å². The number of nitrogens with zero attached hydrogens (tertiary/aromatic N) is 5. The van der Waals surface area contributed by atoms with Crippen LogP contribution in [0.4, 0.5) is 0 Å². The Morgan fingerprint density at radius 3 is 2.79 bits per heavy atom. The molecule has 2 aromatic heterocycles. The number of carbonyl (C=O) groups is 1. The summed E-state index contributed by atoms with van der Waals surface area (Å²) in [5.41, 5.74) is 0. The van der Waals surface area contributed by atoms with Crippen LogP contribution in [0.15, 0.2) is 9.64 Å². The van der Waals surface area contributed by atoms with Crippen molar-refractivity contribution in [2.24, 2.45) is 7.05 Å². The summed E-state index contributed by atoms with van der Waals surface area (Å²) in [6.45, 7) is 3.84. The normalized spacial score (nSPS) is 10.7. The number of rotatable bonds is 5. The molecule has 0 radical (unpaired) electrons. The molecular weight excluding hydrogens is 270 g/mol. The lowest BCUT2D eigenvalue weighted by Crippen LogP contribution is -2.04. The Kier molecular flexibility index (Phi) is 4.15. The van der Waals surface area contributed by atoms with E-state index in [0.29, 0.717) is 11.0 Å². The predicted octanol–water partition coefficient (Wildman–Crippen LogP) is 0.976. The summed E-state index contributed by atoms with van der Waals surface area (Å²) in [4.78, 5) is 11.3. The summed E-state index contributed by atoms with van der Waals surface area (Å²) in [5, 5.41) is 15.6. The van der Waals surface area contributed by atoms with Gasteiger partial charge >= 0.3 is 11.9 Å². The lowest BCUT2D eigenvalue weighted by atomic mass is 10.6. The van der Waals surface area contributed by atoms with Gasteiger partial charge in [-0.25, -0.2) is 4.79 Å². The van der Waals surface area contributed by atoms with E-state index in [-0.39, 0.29) is 12.5 Å². The molecule has 0 aromatic carbocycles. The van der Waals surface area contributed by atoms with E-state index in [1.165, 1.54) is 11.8 Å². The van der Waals surface area contributed by atoms with Crippen LogP contribution in [-0.2, 0) is 17.5 Å². The zero-order chi connectivity index (χ0) is 13.8. The van der Waals surface area contributed by atoms with Gasteiger partial charge in [0.1, 0.15) is 11.6 Å². The highest BCUT2D eigenvalue weighted by molar-refractivity contribution is 7.98. The predicted molar refractivity (Wildman–Crippen MR) is 65.6 cm³/mol. The average Bonchev–Trinajstić information content (AvgIpc) is 2.97. The number of ether oxygens (including phenoxy) is 1. The van der Waals surface area contributed by atoms with Crippen LogP contribution in [0.2, 0.25) is 0 Å². The van der Waals surface area contributed by atoms with E-state index in [1.807, 2.05) is 18.5 Å². The number of hydrogen-bond donors (Lipinski definition) is 0. The van der Waals surface area contributed by atoms with Crippen molar-refractivity contribution in [1.29, 1.82) is 0 Å². The highest BCUT2D eigenvalue weighted by Crippen LogP contribution is 2.20. The molecule has 8 nitrogen and oxygen atoms in total. The van der Waals surface area contributed by atoms with Crippen molar-refractivity contribution in [3.63, 3.8) is 0 Å². The average molecular weight is 283 g/mol. The summed E-state index contributed by atoms with van der Waals surface area (Å²) in [5.74, 6) is 1.39. The Bertz CT molecular complexity index is 579. The van der Waals surface area contributed by atoms with E-state index in [1.54, 1.807) is 6.92 Å². The third kappa shape index (κ3) is 3.11. The summed E-state index contributed by atoms with van der Waals surface area (Å²) in [7, 11) is 1.88. The molecule has 9 heteroatoms.